The molecule has 0 aliphatic rings. The Balaban J connectivity index is 2.41. The number of rotatable bonds is 5. The van der Waals surface area contributed by atoms with Crippen molar-refractivity contribution in [2.45, 2.75) is 6.92 Å². The van der Waals surface area contributed by atoms with Gasteiger partial charge in [0.25, 0.3) is 0 Å². The zero-order valence-electron chi connectivity index (χ0n) is 9.12. The predicted octanol–water partition coefficient (Wildman–Crippen LogP) is 1.11. The van der Waals surface area contributed by atoms with Crippen molar-refractivity contribution in [3.8, 4) is 0 Å². The van der Waals surface area contributed by atoms with Gasteiger partial charge in [-0.3, -0.25) is 0 Å². The summed E-state index contributed by atoms with van der Waals surface area (Å²) in [7, 11) is -3.11. The van der Waals surface area contributed by atoms with Gasteiger partial charge >= 0.3 is 0 Å². The van der Waals surface area contributed by atoms with Gasteiger partial charge in [-0.25, -0.2) is 18.1 Å². The highest BCUT2D eigenvalue weighted by atomic mass is 79.9. The molecule has 0 saturated carbocycles. The van der Waals surface area contributed by atoms with Crippen molar-refractivity contribution in [3.63, 3.8) is 0 Å². The molecule has 1 rings (SSSR count). The van der Waals surface area contributed by atoms with Gasteiger partial charge in [-0.05, 0) is 34.5 Å². The van der Waals surface area contributed by atoms with Crippen LogP contribution < -0.4 is 10.0 Å². The third-order valence-electron chi connectivity index (χ3n) is 1.84. The first-order valence-electron chi connectivity index (χ1n) is 4.69. The van der Waals surface area contributed by atoms with Crippen LogP contribution in [0.5, 0.6) is 0 Å². The molecule has 1 heterocycles. The largest absolute Gasteiger partial charge is 0.369 e. The molecule has 0 saturated heterocycles. The van der Waals surface area contributed by atoms with Gasteiger partial charge in [0.15, 0.2) is 0 Å². The standard InChI is InChI=1S/C9H14BrN3O2S/c1-7-5-9(12-6-8(7)10)11-3-4-13-16(2,14)15/h5-6,13H,3-4H2,1-2H3,(H,11,12). The summed E-state index contributed by atoms with van der Waals surface area (Å²) >= 11 is 3.36. The van der Waals surface area contributed by atoms with Gasteiger partial charge < -0.3 is 5.32 Å². The smallest absolute Gasteiger partial charge is 0.208 e. The maximum absolute atomic E-state index is 10.8. The highest BCUT2D eigenvalue weighted by molar-refractivity contribution is 9.10. The van der Waals surface area contributed by atoms with E-state index in [1.54, 1.807) is 6.20 Å². The Kier molecular flexibility index (Phi) is 4.69. The van der Waals surface area contributed by atoms with E-state index in [-0.39, 0.29) is 0 Å². The molecule has 0 atom stereocenters. The van der Waals surface area contributed by atoms with E-state index in [1.807, 2.05) is 13.0 Å². The van der Waals surface area contributed by atoms with Gasteiger partial charge in [0, 0.05) is 23.8 Å². The Bertz CT molecular complexity index is 462. The molecular formula is C9H14BrN3O2S. The van der Waals surface area contributed by atoms with Crippen molar-refractivity contribution < 1.29 is 8.42 Å². The van der Waals surface area contributed by atoms with Crippen LogP contribution in [0.25, 0.3) is 0 Å². The molecule has 7 heteroatoms. The molecule has 0 unspecified atom stereocenters. The third kappa shape index (κ3) is 4.91. The normalized spacial score (nSPS) is 11.4. The van der Waals surface area contributed by atoms with Crippen LogP contribution in [0.15, 0.2) is 16.7 Å². The van der Waals surface area contributed by atoms with Crippen LogP contribution in [-0.4, -0.2) is 32.7 Å². The Hall–Kier alpha value is -0.660. The Morgan fingerprint density at radius 2 is 2.12 bits per heavy atom. The first-order valence-corrected chi connectivity index (χ1v) is 7.37. The van der Waals surface area contributed by atoms with Crippen LogP contribution in [0.2, 0.25) is 0 Å². The second kappa shape index (κ2) is 5.60. The SMILES string of the molecule is Cc1cc(NCCNS(C)(=O)=O)ncc1Br. The minimum atomic E-state index is -3.11. The van der Waals surface area contributed by atoms with E-state index >= 15 is 0 Å². The molecule has 90 valence electrons. The van der Waals surface area contributed by atoms with E-state index < -0.39 is 10.0 Å². The van der Waals surface area contributed by atoms with Crippen LogP contribution in [0.4, 0.5) is 5.82 Å². The summed E-state index contributed by atoms with van der Waals surface area (Å²) in [5.74, 6) is 0.732. The molecule has 0 aromatic carbocycles. The average molecular weight is 308 g/mol. The van der Waals surface area contributed by atoms with E-state index in [9.17, 15) is 8.42 Å². The minimum Gasteiger partial charge on any atom is -0.369 e. The fourth-order valence-corrected chi connectivity index (χ4v) is 1.75. The number of pyridine rings is 1. The molecular weight excluding hydrogens is 294 g/mol. The zero-order valence-corrected chi connectivity index (χ0v) is 11.5. The molecule has 5 nitrogen and oxygen atoms in total. The van der Waals surface area contributed by atoms with Crippen molar-refractivity contribution in [2.24, 2.45) is 0 Å². The lowest BCUT2D eigenvalue weighted by Crippen LogP contribution is -2.27. The summed E-state index contributed by atoms with van der Waals surface area (Å²) < 4.78 is 24.9. The van der Waals surface area contributed by atoms with Gasteiger partial charge in [0.05, 0.1) is 6.26 Å². The highest BCUT2D eigenvalue weighted by Gasteiger charge is 2.00. The quantitative estimate of drug-likeness (QED) is 0.800. The molecule has 0 spiro atoms. The first kappa shape index (κ1) is 13.4. The summed E-state index contributed by atoms with van der Waals surface area (Å²) in [5, 5.41) is 3.03. The summed E-state index contributed by atoms with van der Waals surface area (Å²) in [4.78, 5) is 4.14. The van der Waals surface area contributed by atoms with E-state index in [4.69, 9.17) is 0 Å². The molecule has 2 N–H and O–H groups in total. The third-order valence-corrected chi connectivity index (χ3v) is 3.40. The van der Waals surface area contributed by atoms with Gasteiger partial charge in [-0.1, -0.05) is 0 Å². The fourth-order valence-electron chi connectivity index (χ4n) is 1.06. The Labute approximate surface area is 104 Å². The second-order valence-corrected chi connectivity index (χ2v) is 6.10. The Morgan fingerprint density at radius 1 is 1.44 bits per heavy atom. The van der Waals surface area contributed by atoms with Crippen LogP contribution in [0, 0.1) is 6.92 Å². The molecule has 0 amide bonds. The van der Waals surface area contributed by atoms with Crippen LogP contribution >= 0.6 is 15.9 Å². The zero-order chi connectivity index (χ0) is 12.2. The Morgan fingerprint density at radius 3 is 2.69 bits per heavy atom. The number of aryl methyl sites for hydroxylation is 1. The lowest BCUT2D eigenvalue weighted by Gasteiger charge is -2.07. The lowest BCUT2D eigenvalue weighted by atomic mass is 10.3. The topological polar surface area (TPSA) is 71.1 Å². The number of aromatic nitrogens is 1. The number of nitrogens with one attached hydrogen (secondary N) is 2. The minimum absolute atomic E-state index is 0.343. The summed E-state index contributed by atoms with van der Waals surface area (Å²) in [6, 6.07) is 1.89. The fraction of sp³-hybridized carbons (Fsp3) is 0.444. The van der Waals surface area contributed by atoms with Crippen molar-refractivity contribution >= 4 is 31.8 Å². The summed E-state index contributed by atoms with van der Waals surface area (Å²) in [6.07, 6.45) is 2.84. The number of hydrogen-bond acceptors (Lipinski definition) is 4. The molecule has 0 aliphatic carbocycles. The average Bonchev–Trinajstić information content (AvgIpc) is 2.17. The number of nitrogens with zero attached hydrogens (tertiary/aromatic N) is 1. The van der Waals surface area contributed by atoms with E-state index in [2.05, 4.69) is 31.0 Å². The number of hydrogen-bond donors (Lipinski definition) is 2. The number of halogens is 1. The van der Waals surface area contributed by atoms with E-state index in [0.29, 0.717) is 13.1 Å². The number of sulfonamides is 1. The monoisotopic (exact) mass is 307 g/mol. The van der Waals surface area contributed by atoms with Crippen molar-refractivity contribution in [1.29, 1.82) is 0 Å². The maximum atomic E-state index is 10.8. The molecule has 0 radical (unpaired) electrons. The van der Waals surface area contributed by atoms with Gasteiger partial charge in [0.2, 0.25) is 10.0 Å². The lowest BCUT2D eigenvalue weighted by molar-refractivity contribution is 0.589. The van der Waals surface area contributed by atoms with Crippen molar-refractivity contribution in [1.82, 2.24) is 9.71 Å². The van der Waals surface area contributed by atoms with Gasteiger partial charge in [-0.2, -0.15) is 0 Å². The molecule has 0 bridgehead atoms. The molecule has 1 aromatic rings. The van der Waals surface area contributed by atoms with Crippen molar-refractivity contribution in [2.75, 3.05) is 24.7 Å². The van der Waals surface area contributed by atoms with Crippen LogP contribution in [-0.2, 0) is 10.0 Å². The van der Waals surface area contributed by atoms with Crippen molar-refractivity contribution in [3.05, 3.63) is 22.3 Å². The number of anilines is 1. The maximum Gasteiger partial charge on any atom is 0.208 e. The van der Waals surface area contributed by atoms with E-state index in [0.717, 1.165) is 22.1 Å². The van der Waals surface area contributed by atoms with Gasteiger partial charge in [0.1, 0.15) is 5.82 Å². The molecule has 1 aromatic heterocycles. The highest BCUT2D eigenvalue weighted by Crippen LogP contribution is 2.16. The predicted molar refractivity (Wildman–Crippen MR) is 68.0 cm³/mol. The molecule has 0 fully saturated rings. The molecule has 16 heavy (non-hydrogen) atoms. The van der Waals surface area contributed by atoms with Crippen LogP contribution in [0.1, 0.15) is 5.56 Å². The first-order chi connectivity index (χ1) is 7.38. The van der Waals surface area contributed by atoms with Gasteiger partial charge in [-0.15, -0.1) is 0 Å². The van der Waals surface area contributed by atoms with Crippen LogP contribution in [0.3, 0.4) is 0 Å². The summed E-state index contributed by atoms with van der Waals surface area (Å²) in [6.45, 7) is 2.81. The second-order valence-electron chi connectivity index (χ2n) is 3.41. The molecule has 0 aliphatic heterocycles. The van der Waals surface area contributed by atoms with E-state index in [1.165, 1.54) is 0 Å². The summed E-state index contributed by atoms with van der Waals surface area (Å²) in [5.41, 5.74) is 1.08.